The molecule has 0 radical (unpaired) electrons. The summed E-state index contributed by atoms with van der Waals surface area (Å²) in [5.41, 5.74) is 16.0. The Bertz CT molecular complexity index is 2640. The van der Waals surface area contributed by atoms with Gasteiger partial charge in [0.25, 0.3) is 0 Å². The van der Waals surface area contributed by atoms with Crippen LogP contribution in [0.4, 0.5) is 0 Å². The van der Waals surface area contributed by atoms with Gasteiger partial charge in [0.05, 0.1) is 22.1 Å². The van der Waals surface area contributed by atoms with Gasteiger partial charge >= 0.3 is 0 Å². The van der Waals surface area contributed by atoms with Crippen LogP contribution < -0.4 is 4.74 Å². The van der Waals surface area contributed by atoms with Crippen LogP contribution in [0.1, 0.15) is 47.2 Å². The second-order valence-electron chi connectivity index (χ2n) is 14.0. The Balaban J connectivity index is 1.32. The Morgan fingerprint density at radius 2 is 1.02 bits per heavy atom. The van der Waals surface area contributed by atoms with Crippen LogP contribution in [0.2, 0.25) is 0 Å². The molecule has 48 heavy (non-hydrogen) atoms. The molecule has 226 valence electrons. The van der Waals surface area contributed by atoms with Crippen molar-refractivity contribution in [2.45, 2.75) is 24.7 Å². The zero-order valence-electron chi connectivity index (χ0n) is 26.8. The highest BCUT2D eigenvalue weighted by Crippen LogP contribution is 2.63. The number of hydrogen-bond acceptors (Lipinski definition) is 1. The Labute approximate surface area is 279 Å². The van der Waals surface area contributed by atoms with Gasteiger partial charge in [-0.3, -0.25) is 0 Å². The summed E-state index contributed by atoms with van der Waals surface area (Å²) in [7, 11) is 0. The second-order valence-corrected chi connectivity index (χ2v) is 14.0. The van der Waals surface area contributed by atoms with Gasteiger partial charge in [-0.05, 0) is 75.3 Å². The van der Waals surface area contributed by atoms with Crippen LogP contribution in [0, 0.1) is 0 Å². The fourth-order valence-electron chi connectivity index (χ4n) is 9.50. The number of benzene rings is 7. The number of aromatic nitrogens is 1. The molecule has 2 heteroatoms. The van der Waals surface area contributed by atoms with Crippen molar-refractivity contribution in [1.82, 2.24) is 4.57 Å². The molecule has 8 aromatic rings. The average molecular weight is 614 g/mol. The van der Waals surface area contributed by atoms with Crippen molar-refractivity contribution in [2.24, 2.45) is 0 Å². The number of nitrogens with zero attached hydrogens (tertiary/aromatic N) is 1. The van der Waals surface area contributed by atoms with Crippen LogP contribution in [0.25, 0.3) is 49.7 Å². The molecule has 0 saturated carbocycles. The van der Waals surface area contributed by atoms with Gasteiger partial charge in [0.1, 0.15) is 11.5 Å². The summed E-state index contributed by atoms with van der Waals surface area (Å²) in [4.78, 5) is 0. The fourth-order valence-corrected chi connectivity index (χ4v) is 9.50. The van der Waals surface area contributed by atoms with Gasteiger partial charge in [0.15, 0.2) is 0 Å². The molecule has 2 heterocycles. The third-order valence-electron chi connectivity index (χ3n) is 11.5. The zero-order valence-corrected chi connectivity index (χ0v) is 26.8. The summed E-state index contributed by atoms with van der Waals surface area (Å²) in [6.45, 7) is 4.75. The van der Waals surface area contributed by atoms with Crippen LogP contribution in [-0.2, 0) is 10.8 Å². The van der Waals surface area contributed by atoms with Crippen molar-refractivity contribution in [3.8, 4) is 39.4 Å². The first-order valence-electron chi connectivity index (χ1n) is 16.9. The quantitative estimate of drug-likeness (QED) is 0.180. The normalized spacial score (nSPS) is 15.4. The molecule has 0 amide bonds. The lowest BCUT2D eigenvalue weighted by atomic mass is 9.65. The van der Waals surface area contributed by atoms with E-state index in [-0.39, 0.29) is 5.41 Å². The zero-order chi connectivity index (χ0) is 31.8. The third kappa shape index (κ3) is 3.00. The minimum absolute atomic E-state index is 0.101. The molecule has 0 saturated heterocycles. The minimum Gasteiger partial charge on any atom is -0.457 e. The van der Waals surface area contributed by atoms with E-state index in [2.05, 4.69) is 170 Å². The number of rotatable bonds is 1. The van der Waals surface area contributed by atoms with Gasteiger partial charge in [-0.25, -0.2) is 0 Å². The largest absolute Gasteiger partial charge is 0.457 e. The van der Waals surface area contributed by atoms with E-state index in [4.69, 9.17) is 4.74 Å². The third-order valence-corrected chi connectivity index (χ3v) is 11.5. The first-order valence-corrected chi connectivity index (χ1v) is 16.9. The lowest BCUT2D eigenvalue weighted by Crippen LogP contribution is -2.33. The Morgan fingerprint density at radius 1 is 0.438 bits per heavy atom. The van der Waals surface area contributed by atoms with Gasteiger partial charge in [-0.15, -0.1) is 0 Å². The molecule has 0 unspecified atom stereocenters. The van der Waals surface area contributed by atoms with Crippen LogP contribution >= 0.6 is 0 Å². The Morgan fingerprint density at radius 3 is 1.77 bits per heavy atom. The highest BCUT2D eigenvalue weighted by molar-refractivity contribution is 6.12. The maximum Gasteiger partial charge on any atom is 0.132 e. The highest BCUT2D eigenvalue weighted by atomic mass is 16.5. The molecule has 11 rings (SSSR count). The van der Waals surface area contributed by atoms with Gasteiger partial charge in [-0.2, -0.15) is 0 Å². The van der Waals surface area contributed by atoms with Crippen LogP contribution in [0.5, 0.6) is 11.5 Å². The molecule has 1 aromatic heterocycles. The molecule has 0 N–H and O–H groups in total. The van der Waals surface area contributed by atoms with Crippen LogP contribution in [0.15, 0.2) is 152 Å². The van der Waals surface area contributed by atoms with E-state index in [9.17, 15) is 0 Å². The van der Waals surface area contributed by atoms with Gasteiger partial charge in [-0.1, -0.05) is 129 Å². The summed E-state index contributed by atoms with van der Waals surface area (Å²) in [6, 6.07) is 56.0. The molecule has 0 bridgehead atoms. The number of fused-ring (bicyclic) bond motifs is 15. The second kappa shape index (κ2) is 8.93. The molecule has 0 atom stereocenters. The summed E-state index contributed by atoms with van der Waals surface area (Å²) < 4.78 is 9.22. The number of ether oxygens (including phenoxy) is 1. The smallest absolute Gasteiger partial charge is 0.132 e. The van der Waals surface area contributed by atoms with E-state index < -0.39 is 5.41 Å². The molecule has 0 fully saturated rings. The molecule has 2 nitrogen and oxygen atoms in total. The van der Waals surface area contributed by atoms with Crippen molar-refractivity contribution < 1.29 is 4.74 Å². The van der Waals surface area contributed by atoms with Crippen LogP contribution in [-0.4, -0.2) is 4.57 Å². The van der Waals surface area contributed by atoms with Gasteiger partial charge in [0.2, 0.25) is 0 Å². The minimum atomic E-state index is -0.558. The van der Waals surface area contributed by atoms with Crippen molar-refractivity contribution in [2.75, 3.05) is 0 Å². The molecule has 3 aliphatic rings. The lowest BCUT2D eigenvalue weighted by molar-refractivity contribution is 0.436. The van der Waals surface area contributed by atoms with Crippen LogP contribution in [0.3, 0.4) is 0 Å². The molecule has 1 spiro atoms. The SMILES string of the molecule is CC1(C)c2ccccc2-c2cc3c4ccccc4n(-c4cccc5c4C4(c6ccccc6Oc6ccccc64)c4ccccc4-5)c3cc21. The summed E-state index contributed by atoms with van der Waals surface area (Å²) in [6.07, 6.45) is 0. The van der Waals surface area contributed by atoms with E-state index in [0.29, 0.717) is 0 Å². The Hall–Kier alpha value is -5.86. The predicted molar refractivity (Wildman–Crippen MR) is 196 cm³/mol. The van der Waals surface area contributed by atoms with E-state index in [1.54, 1.807) is 0 Å². The molecule has 1 aliphatic heterocycles. The highest BCUT2D eigenvalue weighted by Gasteiger charge is 2.52. The van der Waals surface area contributed by atoms with Crippen molar-refractivity contribution >= 4 is 21.8 Å². The standard InChI is InChI=1S/C46H31NO/c1-45(2)34-18-6-3-15-29(34)32-26-33-30-16-5-10-22-39(30)47(41(33)27-38(32)45)40-23-13-17-31-28-14-4-7-19-35(28)46(44(31)40)36-20-8-11-24-42(36)48-43-25-12-9-21-37(43)46/h3-27H,1-2H3. The first kappa shape index (κ1) is 26.2. The maximum atomic E-state index is 6.66. The van der Waals surface area contributed by atoms with Gasteiger partial charge in [0, 0.05) is 32.9 Å². The summed E-state index contributed by atoms with van der Waals surface area (Å²) in [5.74, 6) is 1.82. The van der Waals surface area contributed by atoms with Gasteiger partial charge < -0.3 is 9.30 Å². The van der Waals surface area contributed by atoms with Crippen molar-refractivity contribution in [3.63, 3.8) is 0 Å². The van der Waals surface area contributed by atoms with Crippen molar-refractivity contribution in [1.29, 1.82) is 0 Å². The topological polar surface area (TPSA) is 14.2 Å². The van der Waals surface area contributed by atoms with E-state index in [1.165, 1.54) is 83.1 Å². The lowest BCUT2D eigenvalue weighted by Gasteiger charge is -2.40. The predicted octanol–water partition coefficient (Wildman–Crippen LogP) is 11.6. The van der Waals surface area contributed by atoms with E-state index in [1.807, 2.05) is 0 Å². The monoisotopic (exact) mass is 613 g/mol. The molecule has 7 aromatic carbocycles. The maximum absolute atomic E-state index is 6.66. The molecule has 2 aliphatic carbocycles. The van der Waals surface area contributed by atoms with E-state index in [0.717, 1.165) is 11.5 Å². The Kier molecular flexibility index (Phi) is 4.88. The molecular weight excluding hydrogens is 583 g/mol. The fraction of sp³-hybridized carbons (Fsp3) is 0.0870. The van der Waals surface area contributed by atoms with Crippen molar-refractivity contribution in [3.05, 3.63) is 185 Å². The first-order chi connectivity index (χ1) is 23.6. The van der Waals surface area contributed by atoms with E-state index >= 15 is 0 Å². The molecular formula is C46H31NO. The summed E-state index contributed by atoms with van der Waals surface area (Å²) in [5, 5.41) is 2.55. The average Bonchev–Trinajstić information content (AvgIpc) is 3.70. The summed E-state index contributed by atoms with van der Waals surface area (Å²) >= 11 is 0. The number of para-hydroxylation sites is 3. The number of hydrogen-bond donors (Lipinski definition) is 0.